The van der Waals surface area contributed by atoms with Crippen molar-refractivity contribution in [2.45, 2.75) is 26.8 Å². The quantitative estimate of drug-likeness (QED) is 0.480. The van der Waals surface area contributed by atoms with Gasteiger partial charge in [0.1, 0.15) is 5.82 Å². The number of nitrogens with one attached hydrogen (secondary N) is 2. The number of anilines is 3. The normalized spacial score (nSPS) is 12.4. The van der Waals surface area contributed by atoms with Crippen LogP contribution in [0.1, 0.15) is 31.3 Å². The van der Waals surface area contributed by atoms with Crippen molar-refractivity contribution in [2.24, 2.45) is 16.9 Å². The molecule has 0 saturated carbocycles. The topological polar surface area (TPSA) is 149 Å². The van der Waals surface area contributed by atoms with Crippen LogP contribution < -0.4 is 22.1 Å². The van der Waals surface area contributed by atoms with Crippen LogP contribution in [0.4, 0.5) is 17.3 Å². The Morgan fingerprint density at radius 3 is 2.59 bits per heavy atom. The Morgan fingerprint density at radius 1 is 1.14 bits per heavy atom. The molecule has 3 aromatic rings. The molecule has 0 radical (unpaired) electrons. The predicted octanol–water partition coefficient (Wildman–Crippen LogP) is 2.18. The van der Waals surface area contributed by atoms with Gasteiger partial charge in [-0.25, -0.2) is 9.97 Å². The van der Waals surface area contributed by atoms with E-state index in [0.29, 0.717) is 11.5 Å². The standard InChI is InChI=1S/C20H23N7O2/c1-11(20(2,3)19(22)29)25-15-10-24-16(17(21)28)18(27-15)26-13-7-6-12-5-4-8-23-14(12)9-13/h4-11H,1-3H3,(H2,21,28)(H2,22,29)(H2,25,26,27). The number of benzene rings is 1. The van der Waals surface area contributed by atoms with Gasteiger partial charge in [-0.1, -0.05) is 12.1 Å². The first-order valence-corrected chi connectivity index (χ1v) is 9.03. The third-order valence-corrected chi connectivity index (χ3v) is 4.96. The highest BCUT2D eigenvalue weighted by molar-refractivity contribution is 5.96. The highest BCUT2D eigenvalue weighted by atomic mass is 16.1. The number of hydrogen-bond donors (Lipinski definition) is 4. The van der Waals surface area contributed by atoms with Crippen LogP contribution in [-0.2, 0) is 4.79 Å². The first-order valence-electron chi connectivity index (χ1n) is 9.03. The molecule has 1 unspecified atom stereocenters. The molecule has 2 heterocycles. The molecule has 3 rings (SSSR count). The van der Waals surface area contributed by atoms with Crippen molar-refractivity contribution < 1.29 is 9.59 Å². The molecule has 0 saturated heterocycles. The molecular formula is C20H23N7O2. The fourth-order valence-corrected chi connectivity index (χ4v) is 2.62. The van der Waals surface area contributed by atoms with E-state index >= 15 is 0 Å². The average molecular weight is 393 g/mol. The molecule has 6 N–H and O–H groups in total. The van der Waals surface area contributed by atoms with Gasteiger partial charge in [-0.05, 0) is 39.0 Å². The number of rotatable bonds is 7. The molecule has 0 fully saturated rings. The van der Waals surface area contributed by atoms with Crippen molar-refractivity contribution in [2.75, 3.05) is 10.6 Å². The van der Waals surface area contributed by atoms with Crippen LogP contribution in [0, 0.1) is 5.41 Å². The van der Waals surface area contributed by atoms with Gasteiger partial charge in [0.25, 0.3) is 5.91 Å². The van der Waals surface area contributed by atoms with Crippen molar-refractivity contribution >= 4 is 40.0 Å². The minimum Gasteiger partial charge on any atom is -0.369 e. The van der Waals surface area contributed by atoms with Crippen LogP contribution in [0.25, 0.3) is 10.9 Å². The van der Waals surface area contributed by atoms with Crippen molar-refractivity contribution in [3.8, 4) is 0 Å². The molecule has 0 aliphatic carbocycles. The van der Waals surface area contributed by atoms with Crippen molar-refractivity contribution in [1.29, 1.82) is 0 Å². The van der Waals surface area contributed by atoms with Crippen LogP contribution in [0.15, 0.2) is 42.7 Å². The lowest BCUT2D eigenvalue weighted by Gasteiger charge is -2.29. The average Bonchev–Trinajstić information content (AvgIpc) is 2.67. The van der Waals surface area contributed by atoms with E-state index in [4.69, 9.17) is 11.5 Å². The summed E-state index contributed by atoms with van der Waals surface area (Å²) in [5.74, 6) is -0.586. The molecule has 1 aromatic carbocycles. The van der Waals surface area contributed by atoms with Crippen LogP contribution in [-0.4, -0.2) is 32.8 Å². The lowest BCUT2D eigenvalue weighted by Crippen LogP contribution is -2.44. The Bertz CT molecular complexity index is 1080. The molecule has 29 heavy (non-hydrogen) atoms. The van der Waals surface area contributed by atoms with Gasteiger partial charge in [0.05, 0.1) is 17.1 Å². The van der Waals surface area contributed by atoms with Crippen LogP contribution in [0.2, 0.25) is 0 Å². The second kappa shape index (κ2) is 7.70. The summed E-state index contributed by atoms with van der Waals surface area (Å²) in [4.78, 5) is 36.3. The Balaban J connectivity index is 1.92. The maximum absolute atomic E-state index is 11.8. The molecule has 0 aliphatic heterocycles. The highest BCUT2D eigenvalue weighted by Gasteiger charge is 2.32. The van der Waals surface area contributed by atoms with Gasteiger partial charge in [-0.3, -0.25) is 14.6 Å². The molecule has 2 aromatic heterocycles. The van der Waals surface area contributed by atoms with E-state index in [1.54, 1.807) is 20.0 Å². The molecule has 2 amide bonds. The van der Waals surface area contributed by atoms with E-state index in [-0.39, 0.29) is 17.6 Å². The fourth-order valence-electron chi connectivity index (χ4n) is 2.62. The first kappa shape index (κ1) is 20.0. The van der Waals surface area contributed by atoms with E-state index in [1.807, 2.05) is 37.3 Å². The highest BCUT2D eigenvalue weighted by Crippen LogP contribution is 2.25. The van der Waals surface area contributed by atoms with Crippen molar-refractivity contribution in [3.05, 3.63) is 48.4 Å². The monoisotopic (exact) mass is 393 g/mol. The molecule has 9 heteroatoms. The van der Waals surface area contributed by atoms with Crippen molar-refractivity contribution in [3.63, 3.8) is 0 Å². The van der Waals surface area contributed by atoms with E-state index in [9.17, 15) is 9.59 Å². The van der Waals surface area contributed by atoms with Crippen LogP contribution in [0.3, 0.4) is 0 Å². The summed E-state index contributed by atoms with van der Waals surface area (Å²) in [6, 6.07) is 9.06. The van der Waals surface area contributed by atoms with Crippen LogP contribution >= 0.6 is 0 Å². The molecular weight excluding hydrogens is 370 g/mol. The summed E-state index contributed by atoms with van der Waals surface area (Å²) in [6.45, 7) is 5.29. The zero-order chi connectivity index (χ0) is 21.2. The zero-order valence-electron chi connectivity index (χ0n) is 16.4. The summed E-state index contributed by atoms with van der Waals surface area (Å²) < 4.78 is 0. The molecule has 0 aliphatic rings. The zero-order valence-corrected chi connectivity index (χ0v) is 16.4. The number of carbonyl (C=O) groups is 2. The van der Waals surface area contributed by atoms with Gasteiger partial charge >= 0.3 is 0 Å². The predicted molar refractivity (Wildman–Crippen MR) is 112 cm³/mol. The minimum atomic E-state index is -0.818. The lowest BCUT2D eigenvalue weighted by molar-refractivity contribution is -0.126. The van der Waals surface area contributed by atoms with E-state index in [2.05, 4.69) is 25.6 Å². The number of hydrogen-bond acceptors (Lipinski definition) is 7. The Hall–Kier alpha value is -3.75. The number of carbonyl (C=O) groups excluding carboxylic acids is 2. The molecule has 0 bridgehead atoms. The maximum atomic E-state index is 11.8. The van der Waals surface area contributed by atoms with Crippen molar-refractivity contribution in [1.82, 2.24) is 15.0 Å². The van der Waals surface area contributed by atoms with Gasteiger partial charge in [0.15, 0.2) is 11.5 Å². The minimum absolute atomic E-state index is 0.00141. The van der Waals surface area contributed by atoms with Gasteiger partial charge in [0.2, 0.25) is 5.91 Å². The molecule has 1 atom stereocenters. The summed E-state index contributed by atoms with van der Waals surface area (Å²) in [5, 5.41) is 7.17. The van der Waals surface area contributed by atoms with Gasteiger partial charge < -0.3 is 22.1 Å². The molecule has 0 spiro atoms. The van der Waals surface area contributed by atoms with E-state index < -0.39 is 17.2 Å². The number of amides is 2. The first-order chi connectivity index (χ1) is 13.7. The Kier molecular flexibility index (Phi) is 5.31. The Labute approximate surface area is 167 Å². The smallest absolute Gasteiger partial charge is 0.271 e. The summed E-state index contributed by atoms with van der Waals surface area (Å²) in [5.41, 5.74) is 11.6. The largest absolute Gasteiger partial charge is 0.369 e. The van der Waals surface area contributed by atoms with E-state index in [0.717, 1.165) is 10.9 Å². The van der Waals surface area contributed by atoms with Gasteiger partial charge in [-0.15, -0.1) is 0 Å². The number of pyridine rings is 1. The second-order valence-corrected chi connectivity index (χ2v) is 7.30. The SMILES string of the molecule is CC(Nc1cnc(C(N)=O)c(Nc2ccc3cccnc3c2)n1)C(C)(C)C(N)=O. The Morgan fingerprint density at radius 2 is 1.90 bits per heavy atom. The van der Waals surface area contributed by atoms with Gasteiger partial charge in [-0.2, -0.15) is 0 Å². The summed E-state index contributed by atoms with van der Waals surface area (Å²) >= 11 is 0. The van der Waals surface area contributed by atoms with Gasteiger partial charge in [0, 0.05) is 23.3 Å². The number of aromatic nitrogens is 3. The summed E-state index contributed by atoms with van der Waals surface area (Å²) in [7, 11) is 0. The molecule has 9 nitrogen and oxygen atoms in total. The molecule has 150 valence electrons. The fraction of sp³-hybridized carbons (Fsp3) is 0.250. The lowest BCUT2D eigenvalue weighted by atomic mass is 9.85. The van der Waals surface area contributed by atoms with Crippen LogP contribution in [0.5, 0.6) is 0 Å². The number of fused-ring (bicyclic) bond motifs is 1. The van der Waals surface area contributed by atoms with E-state index in [1.165, 1.54) is 6.20 Å². The third kappa shape index (κ3) is 4.23. The third-order valence-electron chi connectivity index (χ3n) is 4.96. The number of nitrogens with two attached hydrogens (primary N) is 2. The summed E-state index contributed by atoms with van der Waals surface area (Å²) in [6.07, 6.45) is 3.09. The second-order valence-electron chi connectivity index (χ2n) is 7.30. The number of nitrogens with zero attached hydrogens (tertiary/aromatic N) is 3. The number of primary amides is 2. The maximum Gasteiger partial charge on any atom is 0.271 e.